The van der Waals surface area contributed by atoms with Gasteiger partial charge in [-0.3, -0.25) is 4.98 Å². The summed E-state index contributed by atoms with van der Waals surface area (Å²) < 4.78 is 26.2. The summed E-state index contributed by atoms with van der Waals surface area (Å²) >= 11 is 0. The molecule has 0 radical (unpaired) electrons. The Hall–Kier alpha value is -2.50. The molecule has 0 unspecified atom stereocenters. The first-order valence-corrected chi connectivity index (χ1v) is 5.09. The zero-order valence-corrected chi connectivity index (χ0v) is 9.15. The molecule has 92 valence electrons. The second-order valence-electron chi connectivity index (χ2n) is 3.42. The van der Waals surface area contributed by atoms with Crippen molar-refractivity contribution < 1.29 is 13.6 Å². The zero-order valence-electron chi connectivity index (χ0n) is 9.15. The summed E-state index contributed by atoms with van der Waals surface area (Å²) in [6, 6.07) is 6.03. The standard InChI is InChI=1S/C12H9F2N3O/c13-9-2-1-3-10(11(9)14)17-12(18)16-8-4-6-15-7-5-8/h1-7H,(H2,15,16,17,18). The topological polar surface area (TPSA) is 54.0 Å². The molecule has 2 aromatic rings. The van der Waals surface area contributed by atoms with Crippen LogP contribution >= 0.6 is 0 Å². The van der Waals surface area contributed by atoms with Gasteiger partial charge in [0.2, 0.25) is 0 Å². The van der Waals surface area contributed by atoms with Crippen molar-refractivity contribution in [2.45, 2.75) is 0 Å². The predicted octanol–water partition coefficient (Wildman–Crippen LogP) is 3.00. The van der Waals surface area contributed by atoms with Gasteiger partial charge in [0, 0.05) is 18.1 Å². The lowest BCUT2D eigenvalue weighted by Gasteiger charge is -2.08. The molecule has 1 heterocycles. The van der Waals surface area contributed by atoms with Crippen LogP contribution in [0.25, 0.3) is 0 Å². The number of nitrogens with one attached hydrogen (secondary N) is 2. The molecule has 0 spiro atoms. The van der Waals surface area contributed by atoms with Gasteiger partial charge in [0.25, 0.3) is 0 Å². The van der Waals surface area contributed by atoms with Crippen molar-refractivity contribution in [3.63, 3.8) is 0 Å². The van der Waals surface area contributed by atoms with Crippen molar-refractivity contribution in [3.05, 3.63) is 54.4 Å². The van der Waals surface area contributed by atoms with E-state index in [-0.39, 0.29) is 5.69 Å². The van der Waals surface area contributed by atoms with Crippen LogP contribution in [0.4, 0.5) is 25.0 Å². The van der Waals surface area contributed by atoms with Gasteiger partial charge in [0.05, 0.1) is 5.69 Å². The van der Waals surface area contributed by atoms with Crippen LogP contribution in [0.5, 0.6) is 0 Å². The average Bonchev–Trinajstić information content (AvgIpc) is 2.36. The summed E-state index contributed by atoms with van der Waals surface area (Å²) in [5.41, 5.74) is 0.279. The Labute approximate surface area is 102 Å². The summed E-state index contributed by atoms with van der Waals surface area (Å²) in [6.07, 6.45) is 3.00. The molecule has 0 saturated heterocycles. The van der Waals surface area contributed by atoms with Crippen molar-refractivity contribution in [1.82, 2.24) is 4.98 Å². The molecule has 0 fully saturated rings. The van der Waals surface area contributed by atoms with Crippen molar-refractivity contribution in [1.29, 1.82) is 0 Å². The molecule has 0 aliphatic carbocycles. The van der Waals surface area contributed by atoms with Crippen molar-refractivity contribution in [2.75, 3.05) is 10.6 Å². The van der Waals surface area contributed by atoms with Gasteiger partial charge in [-0.1, -0.05) is 6.07 Å². The zero-order chi connectivity index (χ0) is 13.0. The first-order chi connectivity index (χ1) is 8.66. The van der Waals surface area contributed by atoms with Gasteiger partial charge in [0.1, 0.15) is 0 Å². The smallest absolute Gasteiger partial charge is 0.308 e. The van der Waals surface area contributed by atoms with Gasteiger partial charge in [-0.15, -0.1) is 0 Å². The van der Waals surface area contributed by atoms with Crippen LogP contribution in [0.1, 0.15) is 0 Å². The number of carbonyl (C=O) groups is 1. The molecule has 0 atom stereocenters. The van der Waals surface area contributed by atoms with Crippen LogP contribution in [0.2, 0.25) is 0 Å². The summed E-state index contributed by atoms with van der Waals surface area (Å²) in [7, 11) is 0. The monoisotopic (exact) mass is 249 g/mol. The van der Waals surface area contributed by atoms with Crippen LogP contribution in [0, 0.1) is 11.6 Å². The molecule has 18 heavy (non-hydrogen) atoms. The number of hydrogen-bond acceptors (Lipinski definition) is 2. The highest BCUT2D eigenvalue weighted by molar-refractivity contribution is 5.99. The fourth-order valence-electron chi connectivity index (χ4n) is 1.32. The number of benzene rings is 1. The summed E-state index contributed by atoms with van der Waals surface area (Å²) in [6.45, 7) is 0. The largest absolute Gasteiger partial charge is 0.323 e. The molecular weight excluding hydrogens is 240 g/mol. The molecule has 2 N–H and O–H groups in total. The van der Waals surface area contributed by atoms with Crippen LogP contribution in [0.3, 0.4) is 0 Å². The minimum absolute atomic E-state index is 0.221. The highest BCUT2D eigenvalue weighted by Gasteiger charge is 2.10. The van der Waals surface area contributed by atoms with Gasteiger partial charge >= 0.3 is 6.03 Å². The lowest BCUT2D eigenvalue weighted by molar-refractivity contribution is 0.262. The fraction of sp³-hybridized carbons (Fsp3) is 0. The molecule has 0 saturated carbocycles. The molecule has 1 aromatic heterocycles. The molecule has 2 amide bonds. The van der Waals surface area contributed by atoms with Crippen molar-refractivity contribution in [2.24, 2.45) is 0 Å². The fourth-order valence-corrected chi connectivity index (χ4v) is 1.32. The van der Waals surface area contributed by atoms with Gasteiger partial charge in [-0.25, -0.2) is 13.6 Å². The quantitative estimate of drug-likeness (QED) is 0.859. The molecule has 0 aliphatic heterocycles. The number of amides is 2. The maximum absolute atomic E-state index is 13.3. The number of hydrogen-bond donors (Lipinski definition) is 2. The van der Waals surface area contributed by atoms with Crippen molar-refractivity contribution >= 4 is 17.4 Å². The lowest BCUT2D eigenvalue weighted by atomic mass is 10.3. The molecule has 1 aromatic carbocycles. The van der Waals surface area contributed by atoms with Gasteiger partial charge in [-0.2, -0.15) is 0 Å². The van der Waals surface area contributed by atoms with E-state index >= 15 is 0 Å². The number of rotatable bonds is 2. The molecular formula is C12H9F2N3O. The number of urea groups is 1. The second-order valence-corrected chi connectivity index (χ2v) is 3.42. The van der Waals surface area contributed by atoms with E-state index in [4.69, 9.17) is 0 Å². The first-order valence-electron chi connectivity index (χ1n) is 5.09. The second kappa shape index (κ2) is 5.22. The highest BCUT2D eigenvalue weighted by atomic mass is 19.2. The molecule has 6 heteroatoms. The Morgan fingerprint density at radius 3 is 2.50 bits per heavy atom. The van der Waals surface area contributed by atoms with Gasteiger partial charge in [-0.05, 0) is 24.3 Å². The number of pyridine rings is 1. The third-order valence-corrected chi connectivity index (χ3v) is 2.14. The van der Waals surface area contributed by atoms with E-state index in [2.05, 4.69) is 15.6 Å². The number of halogens is 2. The Balaban J connectivity index is 2.06. The minimum Gasteiger partial charge on any atom is -0.308 e. The number of carbonyl (C=O) groups excluding carboxylic acids is 1. The van der Waals surface area contributed by atoms with E-state index in [0.29, 0.717) is 5.69 Å². The maximum Gasteiger partial charge on any atom is 0.323 e. The normalized spacial score (nSPS) is 9.89. The van der Waals surface area contributed by atoms with Crippen LogP contribution in [0.15, 0.2) is 42.7 Å². The Morgan fingerprint density at radius 2 is 1.78 bits per heavy atom. The van der Waals surface area contributed by atoms with E-state index in [9.17, 15) is 13.6 Å². The third-order valence-electron chi connectivity index (χ3n) is 2.14. The summed E-state index contributed by atoms with van der Waals surface area (Å²) in [5, 5.41) is 4.67. The number of anilines is 2. The Bertz CT molecular complexity index is 561. The SMILES string of the molecule is O=C(Nc1ccncc1)Nc1cccc(F)c1F. The molecule has 4 nitrogen and oxygen atoms in total. The number of aromatic nitrogens is 1. The van der Waals surface area contributed by atoms with E-state index in [0.717, 1.165) is 6.07 Å². The molecule has 0 bridgehead atoms. The molecule has 2 rings (SSSR count). The first kappa shape index (κ1) is 12.0. The van der Waals surface area contributed by atoms with Crippen LogP contribution in [-0.2, 0) is 0 Å². The van der Waals surface area contributed by atoms with Gasteiger partial charge < -0.3 is 10.6 Å². The van der Waals surface area contributed by atoms with E-state index in [1.807, 2.05) is 0 Å². The lowest BCUT2D eigenvalue weighted by Crippen LogP contribution is -2.20. The van der Waals surface area contributed by atoms with E-state index in [1.165, 1.54) is 24.5 Å². The van der Waals surface area contributed by atoms with Crippen molar-refractivity contribution in [3.8, 4) is 0 Å². The van der Waals surface area contributed by atoms with Crippen LogP contribution < -0.4 is 10.6 Å². The molecule has 0 aliphatic rings. The average molecular weight is 249 g/mol. The summed E-state index contributed by atoms with van der Waals surface area (Å²) in [5.74, 6) is -2.11. The third kappa shape index (κ3) is 2.79. The van der Waals surface area contributed by atoms with E-state index < -0.39 is 17.7 Å². The Morgan fingerprint density at radius 1 is 1.06 bits per heavy atom. The summed E-state index contributed by atoms with van der Waals surface area (Å²) in [4.78, 5) is 15.3. The number of nitrogens with zero attached hydrogens (tertiary/aromatic N) is 1. The minimum atomic E-state index is -1.10. The van der Waals surface area contributed by atoms with Crippen LogP contribution in [-0.4, -0.2) is 11.0 Å². The maximum atomic E-state index is 13.3. The highest BCUT2D eigenvalue weighted by Crippen LogP contribution is 2.16. The predicted molar refractivity (Wildman–Crippen MR) is 63.2 cm³/mol. The van der Waals surface area contributed by atoms with Gasteiger partial charge in [0.15, 0.2) is 11.6 Å². The Kier molecular flexibility index (Phi) is 3.47. The van der Waals surface area contributed by atoms with E-state index in [1.54, 1.807) is 12.1 Å².